The van der Waals surface area contributed by atoms with E-state index < -0.39 is 35.5 Å². The van der Waals surface area contributed by atoms with Crippen LogP contribution in [0.4, 0.5) is 0 Å². The molecule has 2 N–H and O–H groups in total. The molecule has 0 radical (unpaired) electrons. The standard InChI is InChI=1S/C20H26N2O4/c1-2-3-5-10-17(23)22-18(24)12-11-15(20(22)26)19(25)16(21)13-14-8-6-4-7-9-14/h4,6-9,15-16H,2-3,5,10-13,21H2,1H3/t15?,16-/m0/s1. The quantitative estimate of drug-likeness (QED) is 0.435. The van der Waals surface area contributed by atoms with Crippen LogP contribution in [0.5, 0.6) is 0 Å². The van der Waals surface area contributed by atoms with Crippen LogP contribution in [0.15, 0.2) is 30.3 Å². The summed E-state index contributed by atoms with van der Waals surface area (Å²) in [6, 6.07) is 8.47. The average Bonchev–Trinajstić information content (AvgIpc) is 2.62. The summed E-state index contributed by atoms with van der Waals surface area (Å²) >= 11 is 0. The fraction of sp³-hybridized carbons (Fsp3) is 0.500. The summed E-state index contributed by atoms with van der Waals surface area (Å²) in [5.74, 6) is -3.16. The summed E-state index contributed by atoms with van der Waals surface area (Å²) in [4.78, 5) is 50.3. The zero-order chi connectivity index (χ0) is 19.1. The lowest BCUT2D eigenvalue weighted by Gasteiger charge is -2.29. The number of unbranched alkanes of at least 4 members (excludes halogenated alkanes) is 2. The molecule has 1 aromatic rings. The Hall–Kier alpha value is -2.34. The zero-order valence-corrected chi connectivity index (χ0v) is 15.1. The number of carbonyl (C=O) groups excluding carboxylic acids is 4. The predicted octanol–water partition coefficient (Wildman–Crippen LogP) is 2.00. The van der Waals surface area contributed by atoms with Gasteiger partial charge >= 0.3 is 0 Å². The van der Waals surface area contributed by atoms with E-state index >= 15 is 0 Å². The maximum Gasteiger partial charge on any atom is 0.246 e. The minimum absolute atomic E-state index is 0.0136. The second-order valence-corrected chi connectivity index (χ2v) is 6.71. The number of hydrogen-bond donors (Lipinski definition) is 1. The van der Waals surface area contributed by atoms with Gasteiger partial charge in [0.25, 0.3) is 0 Å². The zero-order valence-electron chi connectivity index (χ0n) is 15.1. The summed E-state index contributed by atoms with van der Waals surface area (Å²) in [5, 5.41) is 0. The van der Waals surface area contributed by atoms with Gasteiger partial charge in [0, 0.05) is 12.8 Å². The molecule has 1 aliphatic heterocycles. The molecule has 1 saturated heterocycles. The molecule has 0 aromatic heterocycles. The predicted molar refractivity (Wildman–Crippen MR) is 96.9 cm³/mol. The summed E-state index contributed by atoms with van der Waals surface area (Å²) in [5.41, 5.74) is 6.91. The first kappa shape index (κ1) is 20.0. The van der Waals surface area contributed by atoms with Crippen LogP contribution in [-0.4, -0.2) is 34.4 Å². The molecule has 26 heavy (non-hydrogen) atoms. The number of nitrogens with two attached hydrogens (primary N) is 1. The molecule has 6 nitrogen and oxygen atoms in total. The third-order valence-electron chi connectivity index (χ3n) is 4.67. The number of imide groups is 3. The van der Waals surface area contributed by atoms with E-state index in [0.717, 1.165) is 18.4 Å². The van der Waals surface area contributed by atoms with Gasteiger partial charge in [-0.05, 0) is 24.8 Å². The van der Waals surface area contributed by atoms with Crippen LogP contribution < -0.4 is 5.73 Å². The number of ketones is 1. The molecular weight excluding hydrogens is 332 g/mol. The van der Waals surface area contributed by atoms with Crippen molar-refractivity contribution < 1.29 is 19.2 Å². The summed E-state index contributed by atoms with van der Waals surface area (Å²) in [6.45, 7) is 2.00. The summed E-state index contributed by atoms with van der Waals surface area (Å²) < 4.78 is 0. The van der Waals surface area contributed by atoms with Crippen LogP contribution in [0.2, 0.25) is 0 Å². The SMILES string of the molecule is CCCCCC(=O)N1C(=O)CCC(C(=O)[C@@H](N)Cc2ccccc2)C1=O. The molecule has 1 unspecified atom stereocenters. The van der Waals surface area contributed by atoms with Gasteiger partial charge in [0.15, 0.2) is 5.78 Å². The van der Waals surface area contributed by atoms with E-state index in [-0.39, 0.29) is 19.3 Å². The topological polar surface area (TPSA) is 97.5 Å². The number of Topliss-reactive ketones (excluding diaryl/α,β-unsaturated/α-hetero) is 1. The normalized spacial score (nSPS) is 18.7. The summed E-state index contributed by atoms with van der Waals surface area (Å²) in [7, 11) is 0. The van der Waals surface area contributed by atoms with E-state index in [4.69, 9.17) is 5.73 Å². The first-order valence-electron chi connectivity index (χ1n) is 9.18. The van der Waals surface area contributed by atoms with Crippen molar-refractivity contribution in [2.45, 2.75) is 57.9 Å². The molecular formula is C20H26N2O4. The number of rotatable bonds is 8. The van der Waals surface area contributed by atoms with Gasteiger partial charge in [-0.25, -0.2) is 4.90 Å². The van der Waals surface area contributed by atoms with Gasteiger partial charge in [0.2, 0.25) is 17.7 Å². The van der Waals surface area contributed by atoms with Gasteiger partial charge in [-0.3, -0.25) is 19.2 Å². The first-order valence-corrected chi connectivity index (χ1v) is 9.18. The highest BCUT2D eigenvalue weighted by Gasteiger charge is 2.42. The number of hydrogen-bond acceptors (Lipinski definition) is 5. The molecule has 1 aromatic carbocycles. The molecule has 1 fully saturated rings. The second kappa shape index (κ2) is 9.38. The highest BCUT2D eigenvalue weighted by molar-refractivity contribution is 6.18. The largest absolute Gasteiger partial charge is 0.321 e. The third kappa shape index (κ3) is 4.85. The van der Waals surface area contributed by atoms with Gasteiger partial charge in [0.1, 0.15) is 0 Å². The number of amides is 3. The van der Waals surface area contributed by atoms with Crippen LogP contribution in [0, 0.1) is 5.92 Å². The lowest BCUT2D eigenvalue weighted by atomic mass is 9.87. The summed E-state index contributed by atoms with van der Waals surface area (Å²) in [6.07, 6.45) is 3.01. The Balaban J connectivity index is 2.04. The van der Waals surface area contributed by atoms with E-state index in [9.17, 15) is 19.2 Å². The monoisotopic (exact) mass is 358 g/mol. The Bertz CT molecular complexity index is 672. The van der Waals surface area contributed by atoms with Gasteiger partial charge in [-0.2, -0.15) is 0 Å². The number of benzene rings is 1. The van der Waals surface area contributed by atoms with Crippen molar-refractivity contribution in [3.05, 3.63) is 35.9 Å². The van der Waals surface area contributed by atoms with Crippen molar-refractivity contribution >= 4 is 23.5 Å². The molecule has 0 aliphatic carbocycles. The first-order chi connectivity index (χ1) is 12.5. The van der Waals surface area contributed by atoms with Crippen LogP contribution >= 0.6 is 0 Å². The van der Waals surface area contributed by atoms with Gasteiger partial charge in [-0.15, -0.1) is 0 Å². The van der Waals surface area contributed by atoms with E-state index in [2.05, 4.69) is 0 Å². The van der Waals surface area contributed by atoms with Crippen molar-refractivity contribution in [3.8, 4) is 0 Å². The van der Waals surface area contributed by atoms with E-state index in [1.54, 1.807) is 0 Å². The highest BCUT2D eigenvalue weighted by atomic mass is 16.2. The average molecular weight is 358 g/mol. The Kier molecular flexibility index (Phi) is 7.21. The minimum atomic E-state index is -1.01. The minimum Gasteiger partial charge on any atom is -0.321 e. The smallest absolute Gasteiger partial charge is 0.246 e. The van der Waals surface area contributed by atoms with Crippen LogP contribution in [0.1, 0.15) is 51.0 Å². The number of piperidine rings is 1. The van der Waals surface area contributed by atoms with Crippen molar-refractivity contribution in [1.29, 1.82) is 0 Å². The Morgan fingerprint density at radius 1 is 1.19 bits per heavy atom. The molecule has 2 atom stereocenters. The fourth-order valence-corrected chi connectivity index (χ4v) is 3.17. The third-order valence-corrected chi connectivity index (χ3v) is 4.67. The van der Waals surface area contributed by atoms with Crippen molar-refractivity contribution in [1.82, 2.24) is 4.90 Å². The van der Waals surface area contributed by atoms with Crippen LogP contribution in [0.3, 0.4) is 0 Å². The second-order valence-electron chi connectivity index (χ2n) is 6.71. The molecule has 3 amide bonds. The van der Waals surface area contributed by atoms with Crippen LogP contribution in [0.25, 0.3) is 0 Å². The molecule has 1 heterocycles. The lowest BCUT2D eigenvalue weighted by molar-refractivity contribution is -0.160. The van der Waals surface area contributed by atoms with Crippen molar-refractivity contribution in [3.63, 3.8) is 0 Å². The van der Waals surface area contributed by atoms with Crippen molar-refractivity contribution in [2.75, 3.05) is 0 Å². The molecule has 1 aliphatic rings. The Morgan fingerprint density at radius 2 is 1.88 bits per heavy atom. The van der Waals surface area contributed by atoms with Gasteiger partial charge in [0.05, 0.1) is 12.0 Å². The van der Waals surface area contributed by atoms with Crippen LogP contribution in [-0.2, 0) is 25.6 Å². The molecule has 6 heteroatoms. The lowest BCUT2D eigenvalue weighted by Crippen LogP contribution is -2.53. The molecule has 140 valence electrons. The maximum atomic E-state index is 12.7. The molecule has 0 saturated carbocycles. The molecule has 2 rings (SSSR count). The maximum absolute atomic E-state index is 12.7. The highest BCUT2D eigenvalue weighted by Crippen LogP contribution is 2.23. The molecule has 0 bridgehead atoms. The Labute approximate surface area is 153 Å². The van der Waals surface area contributed by atoms with Gasteiger partial charge < -0.3 is 5.73 Å². The van der Waals surface area contributed by atoms with E-state index in [1.165, 1.54) is 0 Å². The van der Waals surface area contributed by atoms with Gasteiger partial charge in [-0.1, -0.05) is 50.1 Å². The van der Waals surface area contributed by atoms with E-state index in [1.807, 2.05) is 37.3 Å². The number of nitrogens with zero attached hydrogens (tertiary/aromatic N) is 1. The molecule has 0 spiro atoms. The number of likely N-dealkylation sites (tertiary alicyclic amines) is 1. The Morgan fingerprint density at radius 3 is 2.54 bits per heavy atom. The van der Waals surface area contributed by atoms with E-state index in [0.29, 0.717) is 17.7 Å². The fourth-order valence-electron chi connectivity index (χ4n) is 3.17. The number of carbonyl (C=O) groups is 4. The van der Waals surface area contributed by atoms with Crippen molar-refractivity contribution in [2.24, 2.45) is 11.7 Å².